The molecule has 0 aromatic heterocycles. The predicted molar refractivity (Wildman–Crippen MR) is 138 cm³/mol. The number of rotatable bonds is 8. The summed E-state index contributed by atoms with van der Waals surface area (Å²) in [4.78, 5) is 15.3. The molecule has 3 aromatic carbocycles. The van der Waals surface area contributed by atoms with E-state index in [1.54, 1.807) is 48.4 Å². The van der Waals surface area contributed by atoms with Crippen molar-refractivity contribution in [3.63, 3.8) is 0 Å². The zero-order valence-electron chi connectivity index (χ0n) is 20.6. The highest BCUT2D eigenvalue weighted by atomic mass is 32.2. The molecule has 0 radical (unpaired) electrons. The molecule has 3 aromatic rings. The van der Waals surface area contributed by atoms with Crippen molar-refractivity contribution in [2.75, 3.05) is 12.0 Å². The van der Waals surface area contributed by atoms with Gasteiger partial charge in [-0.1, -0.05) is 38.1 Å². The fourth-order valence-corrected chi connectivity index (χ4v) is 5.50. The molecular formula is C28H32N2O4S. The number of hydrogen-bond donors (Lipinski definition) is 1. The minimum Gasteiger partial charge on any atom is -0.497 e. The summed E-state index contributed by atoms with van der Waals surface area (Å²) < 4.78 is 33.6. The standard InChI is InChI=1S/C28H32N2O4S/c1-19(2)15-21-6-13-26(14-7-21)35(32,33)29-18-22-5-8-24-16-20(3)30(27(24)17-22)28(31)23-9-11-25(34-4)12-10-23/h5-14,17,19-20,29H,15-16,18H2,1-4H3/t20-/m0/s1. The molecule has 1 N–H and O–H groups in total. The number of carbonyl (C=O) groups excluding carboxylic acids is 1. The number of nitrogens with one attached hydrogen (secondary N) is 1. The van der Waals surface area contributed by atoms with Crippen LogP contribution in [0.2, 0.25) is 0 Å². The van der Waals surface area contributed by atoms with Crippen LogP contribution in [0.25, 0.3) is 0 Å². The first-order valence-corrected chi connectivity index (χ1v) is 13.3. The van der Waals surface area contributed by atoms with Crippen LogP contribution >= 0.6 is 0 Å². The van der Waals surface area contributed by atoms with Gasteiger partial charge in [-0.2, -0.15) is 0 Å². The third-order valence-corrected chi connectivity index (χ3v) is 7.68. The summed E-state index contributed by atoms with van der Waals surface area (Å²) in [7, 11) is -2.06. The molecule has 0 bridgehead atoms. The van der Waals surface area contributed by atoms with Crippen molar-refractivity contribution < 1.29 is 17.9 Å². The van der Waals surface area contributed by atoms with Gasteiger partial charge in [0, 0.05) is 23.8 Å². The van der Waals surface area contributed by atoms with Crippen LogP contribution in [-0.4, -0.2) is 27.5 Å². The first-order valence-electron chi connectivity index (χ1n) is 11.9. The van der Waals surface area contributed by atoms with Crippen molar-refractivity contribution in [2.45, 2.75) is 51.1 Å². The van der Waals surface area contributed by atoms with Crippen LogP contribution in [0.3, 0.4) is 0 Å². The minimum atomic E-state index is -3.65. The fraction of sp³-hybridized carbons (Fsp3) is 0.321. The quantitative estimate of drug-likeness (QED) is 0.482. The summed E-state index contributed by atoms with van der Waals surface area (Å²) in [5, 5.41) is 0. The highest BCUT2D eigenvalue weighted by Gasteiger charge is 2.31. The molecule has 1 atom stereocenters. The second-order valence-corrected chi connectivity index (χ2v) is 11.3. The van der Waals surface area contributed by atoms with Crippen LogP contribution in [0.1, 0.15) is 47.8 Å². The second kappa shape index (κ2) is 10.2. The normalized spacial score (nSPS) is 15.3. The van der Waals surface area contributed by atoms with E-state index in [1.807, 2.05) is 37.3 Å². The van der Waals surface area contributed by atoms with E-state index in [0.29, 0.717) is 17.2 Å². The Labute approximate surface area is 208 Å². The average molecular weight is 493 g/mol. The molecule has 1 amide bonds. The van der Waals surface area contributed by atoms with Crippen molar-refractivity contribution in [3.8, 4) is 5.75 Å². The smallest absolute Gasteiger partial charge is 0.258 e. The van der Waals surface area contributed by atoms with Gasteiger partial charge in [0.05, 0.1) is 12.0 Å². The summed E-state index contributed by atoms with van der Waals surface area (Å²) in [6.45, 7) is 6.43. The Morgan fingerprint density at radius 3 is 2.31 bits per heavy atom. The Kier molecular flexibility index (Phi) is 7.28. The number of sulfonamides is 1. The van der Waals surface area contributed by atoms with Crippen LogP contribution in [0, 0.1) is 5.92 Å². The molecule has 1 aliphatic heterocycles. The van der Waals surface area contributed by atoms with Gasteiger partial charge in [-0.3, -0.25) is 4.79 Å². The SMILES string of the molecule is COc1ccc(C(=O)N2c3cc(CNS(=O)(=O)c4ccc(CC(C)C)cc4)ccc3C[C@@H]2C)cc1. The maximum Gasteiger partial charge on any atom is 0.258 e. The molecule has 0 saturated carbocycles. The lowest BCUT2D eigenvalue weighted by atomic mass is 10.0. The number of ether oxygens (including phenoxy) is 1. The molecule has 0 spiro atoms. The summed E-state index contributed by atoms with van der Waals surface area (Å²) >= 11 is 0. The highest BCUT2D eigenvalue weighted by Crippen LogP contribution is 2.34. The summed E-state index contributed by atoms with van der Waals surface area (Å²) in [5.74, 6) is 1.12. The summed E-state index contributed by atoms with van der Waals surface area (Å²) in [5.41, 5.74) is 4.40. The molecule has 6 nitrogen and oxygen atoms in total. The van der Waals surface area contributed by atoms with Gasteiger partial charge >= 0.3 is 0 Å². The first kappa shape index (κ1) is 24.9. The van der Waals surface area contributed by atoms with E-state index in [1.165, 1.54) is 0 Å². The Hall–Kier alpha value is -3.16. The van der Waals surface area contributed by atoms with Gasteiger partial charge in [-0.15, -0.1) is 0 Å². The lowest BCUT2D eigenvalue weighted by Gasteiger charge is -2.23. The lowest BCUT2D eigenvalue weighted by molar-refractivity contribution is 0.0981. The third-order valence-electron chi connectivity index (χ3n) is 6.27. The van der Waals surface area contributed by atoms with Crippen LogP contribution < -0.4 is 14.4 Å². The van der Waals surface area contributed by atoms with Crippen molar-refractivity contribution in [1.82, 2.24) is 4.72 Å². The number of anilines is 1. The molecule has 0 saturated heterocycles. The fourth-order valence-electron chi connectivity index (χ4n) is 4.48. The van der Waals surface area contributed by atoms with Gasteiger partial charge in [0.2, 0.25) is 10.0 Å². The van der Waals surface area contributed by atoms with Crippen LogP contribution in [-0.2, 0) is 29.4 Å². The third kappa shape index (κ3) is 5.57. The topological polar surface area (TPSA) is 75.7 Å². The Morgan fingerprint density at radius 2 is 1.69 bits per heavy atom. The van der Waals surface area contributed by atoms with Gasteiger partial charge in [0.15, 0.2) is 0 Å². The maximum absolute atomic E-state index is 13.3. The molecule has 0 unspecified atom stereocenters. The first-order chi connectivity index (χ1) is 16.7. The molecule has 0 aliphatic carbocycles. The number of amides is 1. The largest absolute Gasteiger partial charge is 0.497 e. The van der Waals surface area contributed by atoms with Gasteiger partial charge in [0.25, 0.3) is 5.91 Å². The maximum atomic E-state index is 13.3. The van der Waals surface area contributed by atoms with Crippen LogP contribution in [0.4, 0.5) is 5.69 Å². The van der Waals surface area contributed by atoms with Gasteiger partial charge in [-0.25, -0.2) is 13.1 Å². The predicted octanol–water partition coefficient (Wildman–Crippen LogP) is 4.96. The van der Waals surface area contributed by atoms with Gasteiger partial charge in [0.1, 0.15) is 5.75 Å². The molecule has 1 heterocycles. The lowest BCUT2D eigenvalue weighted by Crippen LogP contribution is -2.35. The van der Waals surface area contributed by atoms with E-state index in [9.17, 15) is 13.2 Å². The number of hydrogen-bond acceptors (Lipinski definition) is 4. The number of benzene rings is 3. The molecule has 7 heteroatoms. The molecule has 0 fully saturated rings. The van der Waals surface area contributed by atoms with E-state index >= 15 is 0 Å². The van der Waals surface area contributed by atoms with Gasteiger partial charge in [-0.05, 0) is 84.8 Å². The summed E-state index contributed by atoms with van der Waals surface area (Å²) in [6, 6.07) is 19.9. The number of fused-ring (bicyclic) bond motifs is 1. The zero-order valence-corrected chi connectivity index (χ0v) is 21.4. The number of methoxy groups -OCH3 is 1. The average Bonchev–Trinajstić information content (AvgIpc) is 3.17. The molecule has 35 heavy (non-hydrogen) atoms. The van der Waals surface area contributed by atoms with E-state index in [2.05, 4.69) is 18.6 Å². The van der Waals surface area contributed by atoms with E-state index in [0.717, 1.165) is 35.2 Å². The molecular weight excluding hydrogens is 460 g/mol. The van der Waals surface area contributed by atoms with Gasteiger partial charge < -0.3 is 9.64 Å². The zero-order chi connectivity index (χ0) is 25.2. The Balaban J connectivity index is 1.50. The second-order valence-electron chi connectivity index (χ2n) is 9.49. The van der Waals surface area contributed by atoms with Crippen molar-refractivity contribution in [2.24, 2.45) is 5.92 Å². The summed E-state index contributed by atoms with van der Waals surface area (Å²) in [6.07, 6.45) is 1.67. The molecule has 184 valence electrons. The van der Waals surface area contributed by atoms with Crippen molar-refractivity contribution in [3.05, 3.63) is 89.0 Å². The minimum absolute atomic E-state index is 0.0101. The number of carbonyl (C=O) groups is 1. The van der Waals surface area contributed by atoms with Crippen LogP contribution in [0.15, 0.2) is 71.6 Å². The van der Waals surface area contributed by atoms with E-state index < -0.39 is 10.0 Å². The monoisotopic (exact) mass is 492 g/mol. The Morgan fingerprint density at radius 1 is 1.03 bits per heavy atom. The van der Waals surface area contributed by atoms with Crippen LogP contribution in [0.5, 0.6) is 5.75 Å². The highest BCUT2D eigenvalue weighted by molar-refractivity contribution is 7.89. The molecule has 1 aliphatic rings. The van der Waals surface area contributed by atoms with E-state index in [4.69, 9.17) is 4.74 Å². The van der Waals surface area contributed by atoms with Crippen molar-refractivity contribution in [1.29, 1.82) is 0 Å². The number of nitrogens with zero attached hydrogens (tertiary/aromatic N) is 1. The van der Waals surface area contributed by atoms with Crippen molar-refractivity contribution >= 4 is 21.6 Å². The Bertz CT molecular complexity index is 1300. The van der Waals surface area contributed by atoms with E-state index in [-0.39, 0.29) is 23.4 Å². The molecule has 4 rings (SSSR count).